The van der Waals surface area contributed by atoms with Gasteiger partial charge in [0.15, 0.2) is 5.78 Å². The Balaban J connectivity index is 0.000000920. The number of nitrogens with zero attached hydrogens (tertiary/aromatic N) is 2. The monoisotopic (exact) mass is 551 g/mol. The Morgan fingerprint density at radius 2 is 1.59 bits per heavy atom. The Hall–Kier alpha value is -3.70. The van der Waals surface area contributed by atoms with E-state index in [1.807, 2.05) is 65.0 Å². The molecule has 6 heteroatoms. The number of nitrogens with one attached hydrogen (secondary N) is 1. The number of hydrazone groups is 1. The van der Waals surface area contributed by atoms with Gasteiger partial charge in [0.1, 0.15) is 5.82 Å². The van der Waals surface area contributed by atoms with Gasteiger partial charge in [-0.05, 0) is 74.6 Å². The summed E-state index contributed by atoms with van der Waals surface area (Å²) in [6.45, 7) is 29.7. The van der Waals surface area contributed by atoms with Crippen LogP contribution in [-0.2, 0) is 13.0 Å². The molecule has 0 fully saturated rings. The van der Waals surface area contributed by atoms with E-state index in [4.69, 9.17) is 11.6 Å². The zero-order chi connectivity index (χ0) is 30.1. The van der Waals surface area contributed by atoms with E-state index in [1.165, 1.54) is 11.6 Å². The van der Waals surface area contributed by atoms with E-state index in [-0.39, 0.29) is 10.8 Å². The van der Waals surface area contributed by atoms with Gasteiger partial charge in [0, 0.05) is 29.7 Å². The third kappa shape index (κ3) is 12.6. The number of allylic oxidation sites excluding steroid dienone is 3. The normalized spacial score (nSPS) is 10.4. The first-order valence-electron chi connectivity index (χ1n) is 12.9. The lowest BCUT2D eigenvalue weighted by Crippen LogP contribution is -2.17. The molecule has 0 amide bonds. The Kier molecular flexibility index (Phi) is 16.8. The Bertz CT molecular complexity index is 1210. The van der Waals surface area contributed by atoms with Crippen LogP contribution in [0.4, 0.5) is 4.39 Å². The highest BCUT2D eigenvalue weighted by Gasteiger charge is 2.11. The maximum atomic E-state index is 13.2. The van der Waals surface area contributed by atoms with Gasteiger partial charge in [0.05, 0.1) is 10.7 Å². The van der Waals surface area contributed by atoms with Gasteiger partial charge in [0.2, 0.25) is 0 Å². The predicted molar refractivity (Wildman–Crippen MR) is 167 cm³/mol. The largest absolute Gasteiger partial charge is 0.381 e. The van der Waals surface area contributed by atoms with Crippen LogP contribution < -0.4 is 5.32 Å². The van der Waals surface area contributed by atoms with Crippen molar-refractivity contribution in [2.24, 2.45) is 5.10 Å². The van der Waals surface area contributed by atoms with Crippen LogP contribution in [0.2, 0.25) is 5.02 Å². The Labute approximate surface area is 240 Å². The van der Waals surface area contributed by atoms with Crippen LogP contribution in [0.25, 0.3) is 0 Å². The molecule has 2 rings (SSSR count). The fourth-order valence-electron chi connectivity index (χ4n) is 3.05. The lowest BCUT2D eigenvalue weighted by molar-refractivity contribution is 0.101. The molecule has 2 aromatic rings. The number of Topliss-reactive ketones (excluding diaryl/α,β-unsaturated/α-hetero) is 1. The predicted octanol–water partition coefficient (Wildman–Crippen LogP) is 9.42. The molecule has 0 saturated heterocycles. The molecule has 0 unspecified atom stereocenters. The minimum atomic E-state index is -0.441. The molecule has 0 heterocycles. The summed E-state index contributed by atoms with van der Waals surface area (Å²) in [7, 11) is 0. The van der Waals surface area contributed by atoms with Crippen LogP contribution in [0.1, 0.15) is 70.0 Å². The average Bonchev–Trinajstić information content (AvgIpc) is 2.92. The van der Waals surface area contributed by atoms with Gasteiger partial charge in [-0.1, -0.05) is 89.0 Å². The van der Waals surface area contributed by atoms with E-state index in [1.54, 1.807) is 30.3 Å². The lowest BCUT2D eigenvalue weighted by atomic mass is 10.1. The molecule has 0 atom stereocenters. The van der Waals surface area contributed by atoms with Crippen molar-refractivity contribution in [1.29, 1.82) is 0 Å². The van der Waals surface area contributed by atoms with Crippen molar-refractivity contribution in [1.82, 2.24) is 10.3 Å². The third-order valence-corrected chi connectivity index (χ3v) is 5.50. The molecule has 0 radical (unpaired) electrons. The van der Waals surface area contributed by atoms with Crippen LogP contribution in [0.5, 0.6) is 0 Å². The van der Waals surface area contributed by atoms with Gasteiger partial charge < -0.3 is 5.32 Å². The van der Waals surface area contributed by atoms with E-state index in [0.29, 0.717) is 17.8 Å². The number of hydrogen-bond donors (Lipinski definition) is 1. The number of aryl methyl sites for hydroxylation is 1. The second-order valence-corrected chi connectivity index (χ2v) is 8.85. The molecule has 4 nitrogen and oxygen atoms in total. The zero-order valence-corrected chi connectivity index (χ0v) is 25.3. The highest BCUT2D eigenvalue weighted by atomic mass is 35.5. The summed E-state index contributed by atoms with van der Waals surface area (Å²) >= 11 is 5.80. The summed E-state index contributed by atoms with van der Waals surface area (Å²) in [6.07, 6.45) is 4.55. The van der Waals surface area contributed by atoms with E-state index in [9.17, 15) is 9.18 Å². The van der Waals surface area contributed by atoms with Crippen molar-refractivity contribution in [3.05, 3.63) is 131 Å². The Morgan fingerprint density at radius 1 is 1.03 bits per heavy atom. The number of rotatable bonds is 11. The van der Waals surface area contributed by atoms with Gasteiger partial charge in [-0.15, -0.1) is 0 Å². The van der Waals surface area contributed by atoms with Crippen molar-refractivity contribution in [3.63, 3.8) is 0 Å². The van der Waals surface area contributed by atoms with Crippen molar-refractivity contribution >= 4 is 23.6 Å². The van der Waals surface area contributed by atoms with Gasteiger partial charge >= 0.3 is 0 Å². The number of benzene rings is 2. The average molecular weight is 552 g/mol. The van der Waals surface area contributed by atoms with Crippen LogP contribution in [-0.4, -0.2) is 17.0 Å². The first kappa shape index (κ1) is 35.3. The molecule has 39 heavy (non-hydrogen) atoms. The molecule has 0 aromatic heterocycles. The van der Waals surface area contributed by atoms with Crippen molar-refractivity contribution in [2.75, 3.05) is 0 Å². The fraction of sp³-hybridized carbons (Fsp3) is 0.273. The number of hydrogen-bond acceptors (Lipinski definition) is 4. The van der Waals surface area contributed by atoms with E-state index < -0.39 is 5.82 Å². The summed E-state index contributed by atoms with van der Waals surface area (Å²) in [5.41, 5.74) is 6.56. The van der Waals surface area contributed by atoms with Crippen molar-refractivity contribution < 1.29 is 9.18 Å². The third-order valence-electron chi connectivity index (χ3n) is 5.22. The molecule has 210 valence electrons. The molecule has 0 aliphatic carbocycles. The van der Waals surface area contributed by atoms with E-state index in [2.05, 4.69) is 43.7 Å². The van der Waals surface area contributed by atoms with Crippen LogP contribution >= 0.6 is 11.6 Å². The molecule has 0 bridgehead atoms. The van der Waals surface area contributed by atoms with Crippen molar-refractivity contribution in [2.45, 2.75) is 61.4 Å². The standard InChI is InChI=1S/C21H25ClFN3.C10H12O.C2H6/c1-8-25-26(15(4)5)21(14(2)3)11-16(6)17(7)24-13-18-9-10-20(23)19(22)12-18;1-3-9-4-6-10(7-5-9)8(2)11;1-2/h8-12,24H,2,4,6-7,13H2,1,3,5H3;4-7H,3H2,1-2H3;1-2H3/b21-11-,25-8-;;. The topological polar surface area (TPSA) is 44.7 Å². The maximum absolute atomic E-state index is 13.2. The van der Waals surface area contributed by atoms with Gasteiger partial charge in [-0.3, -0.25) is 4.79 Å². The number of carbonyl (C=O) groups is 1. The Morgan fingerprint density at radius 3 is 2.03 bits per heavy atom. The molecule has 2 aromatic carbocycles. The molecule has 0 aliphatic heterocycles. The number of ketones is 1. The van der Waals surface area contributed by atoms with Gasteiger partial charge in [-0.25, -0.2) is 9.40 Å². The highest BCUT2D eigenvalue weighted by molar-refractivity contribution is 6.30. The van der Waals surface area contributed by atoms with Gasteiger partial charge in [0.25, 0.3) is 0 Å². The molecule has 0 saturated carbocycles. The summed E-state index contributed by atoms with van der Waals surface area (Å²) < 4.78 is 13.2. The quantitative estimate of drug-likeness (QED) is 0.131. The van der Waals surface area contributed by atoms with Crippen LogP contribution in [0, 0.1) is 5.82 Å². The summed E-state index contributed by atoms with van der Waals surface area (Å²) in [6, 6.07) is 12.3. The summed E-state index contributed by atoms with van der Waals surface area (Å²) in [5.74, 6) is -0.309. The first-order chi connectivity index (χ1) is 18.4. The van der Waals surface area contributed by atoms with Gasteiger partial charge in [-0.2, -0.15) is 5.10 Å². The molecular formula is C33H43ClFN3O. The number of halogens is 2. The molecular weight excluding hydrogens is 509 g/mol. The van der Waals surface area contributed by atoms with Crippen molar-refractivity contribution in [3.8, 4) is 0 Å². The lowest BCUT2D eigenvalue weighted by Gasteiger charge is -2.23. The van der Waals surface area contributed by atoms with Crippen LogP contribution in [0.15, 0.2) is 108 Å². The fourth-order valence-corrected chi connectivity index (χ4v) is 3.25. The molecule has 1 N–H and O–H groups in total. The van der Waals surface area contributed by atoms with Crippen LogP contribution in [0.3, 0.4) is 0 Å². The second-order valence-electron chi connectivity index (χ2n) is 8.44. The highest BCUT2D eigenvalue weighted by Crippen LogP contribution is 2.22. The van der Waals surface area contributed by atoms with E-state index >= 15 is 0 Å². The second kappa shape index (κ2) is 18.5. The minimum absolute atomic E-state index is 0.0905. The summed E-state index contributed by atoms with van der Waals surface area (Å²) in [5, 5.41) is 9.25. The summed E-state index contributed by atoms with van der Waals surface area (Å²) in [4.78, 5) is 10.8. The molecule has 0 spiro atoms. The zero-order valence-electron chi connectivity index (χ0n) is 24.5. The number of carbonyl (C=O) groups excluding carboxylic acids is 1. The smallest absolute Gasteiger partial charge is 0.159 e. The minimum Gasteiger partial charge on any atom is -0.381 e. The SMILES string of the molecule is C=C(/C=C(/C(=C)C)N(/N=C\C)C(=C)C)C(=C)NCc1ccc(F)c(Cl)c1.CC.CCc1ccc(C(C)=O)cc1. The first-order valence-corrected chi connectivity index (χ1v) is 13.3. The molecule has 0 aliphatic rings. The maximum Gasteiger partial charge on any atom is 0.159 e. The van der Waals surface area contributed by atoms with E-state index in [0.717, 1.165) is 34.5 Å².